The molecule has 1 fully saturated rings. The average Bonchev–Trinajstić information content (AvgIpc) is 3.00. The van der Waals surface area contributed by atoms with Crippen LogP contribution in [-0.2, 0) is 4.79 Å². The summed E-state index contributed by atoms with van der Waals surface area (Å²) < 4.78 is 11.0. The number of carbonyl (C=O) groups excluding carboxylic acids is 1. The van der Waals surface area contributed by atoms with Gasteiger partial charge in [0.15, 0.2) is 0 Å². The molecule has 25 heavy (non-hydrogen) atoms. The third-order valence-electron chi connectivity index (χ3n) is 4.90. The minimum Gasteiger partial charge on any atom is -0.497 e. The van der Waals surface area contributed by atoms with Gasteiger partial charge in [0, 0.05) is 19.2 Å². The molecule has 6 heteroatoms. The maximum Gasteiger partial charge on any atom is 0.311 e. The first-order chi connectivity index (χ1) is 11.7. The van der Waals surface area contributed by atoms with Gasteiger partial charge in [0.25, 0.3) is 5.91 Å². The molecule has 1 aromatic rings. The first-order valence-corrected chi connectivity index (χ1v) is 8.58. The Hall–Kier alpha value is -2.24. The number of carboxylic acid groups (broad SMARTS) is 1. The number of aliphatic carboxylic acids is 1. The molecule has 2 rings (SSSR count). The molecule has 1 amide bonds. The minimum atomic E-state index is -0.888. The number of carboxylic acids is 1. The fourth-order valence-electron chi connectivity index (χ4n) is 3.23. The fourth-order valence-corrected chi connectivity index (χ4v) is 3.23. The second-order valence-corrected chi connectivity index (χ2v) is 7.12. The highest BCUT2D eigenvalue weighted by atomic mass is 16.5. The first kappa shape index (κ1) is 19.1. The van der Waals surface area contributed by atoms with Crippen molar-refractivity contribution >= 4 is 11.9 Å². The van der Waals surface area contributed by atoms with E-state index < -0.39 is 11.4 Å². The predicted octanol–water partition coefficient (Wildman–Crippen LogP) is 3.06. The van der Waals surface area contributed by atoms with E-state index in [1.54, 1.807) is 30.2 Å². The molecular formula is C19H27NO5. The molecule has 1 aliphatic heterocycles. The van der Waals surface area contributed by atoms with Crippen molar-refractivity contribution in [1.29, 1.82) is 0 Å². The SMILES string of the molecule is COc1ccc(C(=O)N2CCC(C(=O)O)(C(C)C)C2)c(OC(C)C)c1. The summed E-state index contributed by atoms with van der Waals surface area (Å²) in [7, 11) is 1.56. The van der Waals surface area contributed by atoms with Crippen molar-refractivity contribution in [2.45, 2.75) is 40.2 Å². The maximum atomic E-state index is 13.0. The lowest BCUT2D eigenvalue weighted by Crippen LogP contribution is -2.40. The number of likely N-dealkylation sites (tertiary alicyclic amines) is 1. The van der Waals surface area contributed by atoms with E-state index in [-0.39, 0.29) is 24.5 Å². The number of hydrogen-bond donors (Lipinski definition) is 1. The molecule has 0 saturated carbocycles. The molecule has 1 heterocycles. The molecule has 1 aliphatic rings. The highest BCUT2D eigenvalue weighted by Crippen LogP contribution is 2.39. The van der Waals surface area contributed by atoms with Gasteiger partial charge >= 0.3 is 5.97 Å². The van der Waals surface area contributed by atoms with E-state index in [4.69, 9.17) is 9.47 Å². The van der Waals surface area contributed by atoms with Crippen LogP contribution in [0, 0.1) is 11.3 Å². The monoisotopic (exact) mass is 349 g/mol. The maximum absolute atomic E-state index is 13.0. The number of rotatable bonds is 6. The van der Waals surface area contributed by atoms with E-state index in [0.717, 1.165) is 0 Å². The Morgan fingerprint density at radius 2 is 1.92 bits per heavy atom. The topological polar surface area (TPSA) is 76.1 Å². The van der Waals surface area contributed by atoms with Crippen LogP contribution in [0.3, 0.4) is 0 Å². The standard InChI is InChI=1S/C19H27NO5/c1-12(2)19(18(22)23)8-9-20(11-19)17(21)15-7-6-14(24-5)10-16(15)25-13(3)4/h6-7,10,12-13H,8-9,11H2,1-5H3,(H,22,23). The summed E-state index contributed by atoms with van der Waals surface area (Å²) in [6.45, 7) is 8.20. The number of hydrogen-bond acceptors (Lipinski definition) is 4. The predicted molar refractivity (Wildman–Crippen MR) is 94.2 cm³/mol. The largest absolute Gasteiger partial charge is 0.497 e. The quantitative estimate of drug-likeness (QED) is 0.854. The zero-order valence-corrected chi connectivity index (χ0v) is 15.5. The van der Waals surface area contributed by atoms with Crippen LogP contribution in [0.1, 0.15) is 44.5 Å². The van der Waals surface area contributed by atoms with E-state index >= 15 is 0 Å². The Morgan fingerprint density at radius 3 is 2.40 bits per heavy atom. The van der Waals surface area contributed by atoms with Crippen molar-refractivity contribution in [2.75, 3.05) is 20.2 Å². The zero-order chi connectivity index (χ0) is 18.8. The zero-order valence-electron chi connectivity index (χ0n) is 15.5. The highest BCUT2D eigenvalue weighted by molar-refractivity contribution is 5.98. The summed E-state index contributed by atoms with van der Waals surface area (Å²) >= 11 is 0. The summed E-state index contributed by atoms with van der Waals surface area (Å²) in [6.07, 6.45) is 0.369. The van der Waals surface area contributed by atoms with Gasteiger partial charge in [-0.05, 0) is 38.3 Å². The number of methoxy groups -OCH3 is 1. The van der Waals surface area contributed by atoms with Crippen LogP contribution >= 0.6 is 0 Å². The summed E-state index contributed by atoms with van der Waals surface area (Å²) in [6, 6.07) is 5.08. The second-order valence-electron chi connectivity index (χ2n) is 7.12. The first-order valence-electron chi connectivity index (χ1n) is 8.58. The van der Waals surface area contributed by atoms with Crippen LogP contribution in [0.5, 0.6) is 11.5 Å². The normalized spacial score (nSPS) is 20.2. The van der Waals surface area contributed by atoms with Crippen molar-refractivity contribution < 1.29 is 24.2 Å². The van der Waals surface area contributed by atoms with Gasteiger partial charge in [0.1, 0.15) is 11.5 Å². The van der Waals surface area contributed by atoms with Gasteiger partial charge in [-0.2, -0.15) is 0 Å². The molecular weight excluding hydrogens is 322 g/mol. The van der Waals surface area contributed by atoms with E-state index in [2.05, 4.69) is 0 Å². The van der Waals surface area contributed by atoms with Crippen molar-refractivity contribution in [3.8, 4) is 11.5 Å². The lowest BCUT2D eigenvalue weighted by molar-refractivity contribution is -0.150. The van der Waals surface area contributed by atoms with E-state index in [1.807, 2.05) is 27.7 Å². The molecule has 1 atom stereocenters. The van der Waals surface area contributed by atoms with Gasteiger partial charge in [-0.25, -0.2) is 0 Å². The molecule has 0 aliphatic carbocycles. The van der Waals surface area contributed by atoms with Crippen LogP contribution in [0.2, 0.25) is 0 Å². The van der Waals surface area contributed by atoms with Gasteiger partial charge in [0.2, 0.25) is 0 Å². The van der Waals surface area contributed by atoms with Gasteiger partial charge in [-0.3, -0.25) is 9.59 Å². The van der Waals surface area contributed by atoms with Crippen molar-refractivity contribution in [2.24, 2.45) is 11.3 Å². The Bertz CT molecular complexity index is 655. The summed E-state index contributed by atoms with van der Waals surface area (Å²) in [5.74, 6) is -0.0364. The summed E-state index contributed by atoms with van der Waals surface area (Å²) in [5, 5.41) is 9.67. The van der Waals surface area contributed by atoms with Crippen LogP contribution in [0.15, 0.2) is 18.2 Å². The number of benzene rings is 1. The molecule has 1 saturated heterocycles. The van der Waals surface area contributed by atoms with Gasteiger partial charge in [0.05, 0.1) is 24.2 Å². The number of carbonyl (C=O) groups is 2. The van der Waals surface area contributed by atoms with Crippen LogP contribution < -0.4 is 9.47 Å². The molecule has 1 unspecified atom stereocenters. The Morgan fingerprint density at radius 1 is 1.24 bits per heavy atom. The van der Waals surface area contributed by atoms with Gasteiger partial charge in [-0.15, -0.1) is 0 Å². The molecule has 0 bridgehead atoms. The van der Waals surface area contributed by atoms with Gasteiger partial charge < -0.3 is 19.5 Å². The lowest BCUT2D eigenvalue weighted by Gasteiger charge is -2.28. The van der Waals surface area contributed by atoms with Gasteiger partial charge in [-0.1, -0.05) is 13.8 Å². The number of nitrogens with zero attached hydrogens (tertiary/aromatic N) is 1. The fraction of sp³-hybridized carbons (Fsp3) is 0.579. The smallest absolute Gasteiger partial charge is 0.311 e. The van der Waals surface area contributed by atoms with E-state index in [1.165, 1.54) is 0 Å². The average molecular weight is 349 g/mol. The molecule has 1 N–H and O–H groups in total. The number of amides is 1. The van der Waals surface area contributed by atoms with Crippen LogP contribution in [0.25, 0.3) is 0 Å². The summed E-state index contributed by atoms with van der Waals surface area (Å²) in [4.78, 5) is 26.4. The van der Waals surface area contributed by atoms with Crippen molar-refractivity contribution in [3.05, 3.63) is 23.8 Å². The van der Waals surface area contributed by atoms with Crippen molar-refractivity contribution in [3.63, 3.8) is 0 Å². The molecule has 0 aromatic heterocycles. The Kier molecular flexibility index (Phi) is 5.60. The summed E-state index contributed by atoms with van der Waals surface area (Å²) in [5.41, 5.74) is -0.458. The molecule has 6 nitrogen and oxygen atoms in total. The van der Waals surface area contributed by atoms with E-state index in [0.29, 0.717) is 30.0 Å². The third-order valence-corrected chi connectivity index (χ3v) is 4.90. The number of ether oxygens (including phenoxy) is 2. The highest BCUT2D eigenvalue weighted by Gasteiger charge is 2.48. The second kappa shape index (κ2) is 7.33. The van der Waals surface area contributed by atoms with Crippen LogP contribution in [0.4, 0.5) is 0 Å². The van der Waals surface area contributed by atoms with Crippen molar-refractivity contribution in [1.82, 2.24) is 4.90 Å². The molecule has 1 aromatic carbocycles. The lowest BCUT2D eigenvalue weighted by atomic mass is 9.76. The Balaban J connectivity index is 2.31. The Labute approximate surface area is 148 Å². The van der Waals surface area contributed by atoms with E-state index in [9.17, 15) is 14.7 Å². The molecule has 138 valence electrons. The molecule has 0 radical (unpaired) electrons. The molecule has 0 spiro atoms. The third kappa shape index (κ3) is 3.72. The van der Waals surface area contributed by atoms with Crippen LogP contribution in [-0.4, -0.2) is 48.2 Å². The minimum absolute atomic E-state index is 0.0509.